The molecule has 3 rings (SSSR count). The van der Waals surface area contributed by atoms with Crippen LogP contribution in [0.5, 0.6) is 0 Å². The van der Waals surface area contributed by atoms with Gasteiger partial charge in [0, 0.05) is 23.9 Å². The summed E-state index contributed by atoms with van der Waals surface area (Å²) in [5.41, 5.74) is 1.20. The summed E-state index contributed by atoms with van der Waals surface area (Å²) in [6.07, 6.45) is 3.23. The zero-order valence-electron chi connectivity index (χ0n) is 14.1. The predicted octanol–water partition coefficient (Wildman–Crippen LogP) is 1.63. The summed E-state index contributed by atoms with van der Waals surface area (Å²) < 4.78 is 5.38. The molecule has 1 aromatic rings. The predicted molar refractivity (Wildman–Crippen MR) is 92.0 cm³/mol. The molecule has 6 heteroatoms. The second-order valence-corrected chi connectivity index (χ2v) is 6.62. The van der Waals surface area contributed by atoms with Crippen molar-refractivity contribution in [1.29, 1.82) is 0 Å². The van der Waals surface area contributed by atoms with E-state index in [4.69, 9.17) is 4.74 Å². The lowest BCUT2D eigenvalue weighted by atomic mass is 10.0. The normalized spacial score (nSPS) is 22.3. The maximum Gasteiger partial charge on any atom is 0.253 e. The highest BCUT2D eigenvalue weighted by Crippen LogP contribution is 2.17. The van der Waals surface area contributed by atoms with Gasteiger partial charge in [0.1, 0.15) is 6.10 Å². The van der Waals surface area contributed by atoms with Gasteiger partial charge in [-0.05, 0) is 64.0 Å². The van der Waals surface area contributed by atoms with E-state index in [1.165, 1.54) is 0 Å². The largest absolute Gasteiger partial charge is 0.368 e. The minimum absolute atomic E-state index is 0.0854. The van der Waals surface area contributed by atoms with Gasteiger partial charge in [0.15, 0.2) is 0 Å². The van der Waals surface area contributed by atoms with Crippen molar-refractivity contribution in [1.82, 2.24) is 10.2 Å². The SMILES string of the molecule is CN1CCC(NC(=O)c2cccc(NC(=O)C3CCCO3)c2)CC1. The minimum Gasteiger partial charge on any atom is -0.368 e. The Morgan fingerprint density at radius 1 is 1.21 bits per heavy atom. The molecule has 24 heavy (non-hydrogen) atoms. The van der Waals surface area contributed by atoms with E-state index in [1.807, 2.05) is 0 Å². The number of ether oxygens (including phenoxy) is 1. The summed E-state index contributed by atoms with van der Waals surface area (Å²) >= 11 is 0. The third kappa shape index (κ3) is 4.33. The third-order valence-corrected chi connectivity index (χ3v) is 4.67. The molecule has 1 unspecified atom stereocenters. The number of amides is 2. The molecule has 2 amide bonds. The van der Waals surface area contributed by atoms with Crippen LogP contribution in [-0.2, 0) is 9.53 Å². The first-order valence-corrected chi connectivity index (χ1v) is 8.64. The maximum atomic E-state index is 12.4. The molecule has 0 bridgehead atoms. The van der Waals surface area contributed by atoms with Gasteiger partial charge >= 0.3 is 0 Å². The Morgan fingerprint density at radius 2 is 2.00 bits per heavy atom. The van der Waals surface area contributed by atoms with E-state index in [-0.39, 0.29) is 24.0 Å². The van der Waals surface area contributed by atoms with Gasteiger partial charge in [-0.3, -0.25) is 9.59 Å². The lowest BCUT2D eigenvalue weighted by Crippen LogP contribution is -2.43. The van der Waals surface area contributed by atoms with Crippen LogP contribution >= 0.6 is 0 Å². The number of anilines is 1. The molecule has 0 aromatic heterocycles. The average Bonchev–Trinajstić information content (AvgIpc) is 3.12. The van der Waals surface area contributed by atoms with Gasteiger partial charge in [0.05, 0.1) is 0 Å². The summed E-state index contributed by atoms with van der Waals surface area (Å²) in [5, 5.41) is 5.93. The van der Waals surface area contributed by atoms with Crippen molar-refractivity contribution < 1.29 is 14.3 Å². The molecule has 0 aliphatic carbocycles. The molecular formula is C18H25N3O3. The number of piperidine rings is 1. The number of carbonyl (C=O) groups excluding carboxylic acids is 2. The summed E-state index contributed by atoms with van der Waals surface area (Å²) in [6, 6.07) is 7.29. The van der Waals surface area contributed by atoms with Gasteiger partial charge in [-0.2, -0.15) is 0 Å². The summed E-state index contributed by atoms with van der Waals surface area (Å²) in [4.78, 5) is 26.8. The number of nitrogens with one attached hydrogen (secondary N) is 2. The highest BCUT2D eigenvalue weighted by atomic mass is 16.5. The van der Waals surface area contributed by atoms with Crippen molar-refractivity contribution in [3.63, 3.8) is 0 Å². The van der Waals surface area contributed by atoms with Gasteiger partial charge in [-0.15, -0.1) is 0 Å². The van der Waals surface area contributed by atoms with Crippen molar-refractivity contribution in [2.24, 2.45) is 0 Å². The fourth-order valence-electron chi connectivity index (χ4n) is 3.17. The van der Waals surface area contributed by atoms with Crippen LogP contribution in [-0.4, -0.2) is 55.6 Å². The molecule has 0 saturated carbocycles. The number of benzene rings is 1. The smallest absolute Gasteiger partial charge is 0.253 e. The number of hydrogen-bond donors (Lipinski definition) is 2. The van der Waals surface area contributed by atoms with Crippen molar-refractivity contribution >= 4 is 17.5 Å². The van der Waals surface area contributed by atoms with Crippen LogP contribution in [0, 0.1) is 0 Å². The Balaban J connectivity index is 1.57. The number of hydrogen-bond acceptors (Lipinski definition) is 4. The zero-order valence-corrected chi connectivity index (χ0v) is 14.1. The Labute approximate surface area is 142 Å². The van der Waals surface area contributed by atoms with E-state index in [1.54, 1.807) is 24.3 Å². The molecule has 0 radical (unpaired) electrons. The van der Waals surface area contributed by atoms with E-state index in [9.17, 15) is 9.59 Å². The fraction of sp³-hybridized carbons (Fsp3) is 0.556. The van der Waals surface area contributed by atoms with Gasteiger partial charge in [-0.1, -0.05) is 6.07 Å². The third-order valence-electron chi connectivity index (χ3n) is 4.67. The lowest BCUT2D eigenvalue weighted by Gasteiger charge is -2.29. The van der Waals surface area contributed by atoms with Crippen LogP contribution < -0.4 is 10.6 Å². The van der Waals surface area contributed by atoms with Gasteiger partial charge < -0.3 is 20.3 Å². The Kier molecular flexibility index (Phi) is 5.48. The standard InChI is InChI=1S/C18H25N3O3/c1-21-9-7-14(8-10-21)19-17(22)13-4-2-5-15(12-13)20-18(23)16-6-3-11-24-16/h2,4-5,12,14,16H,3,6-11H2,1H3,(H,19,22)(H,20,23). The summed E-state index contributed by atoms with van der Waals surface area (Å²) in [5.74, 6) is -0.224. The van der Waals surface area contributed by atoms with Crippen molar-refractivity contribution in [3.05, 3.63) is 29.8 Å². The molecule has 2 fully saturated rings. The van der Waals surface area contributed by atoms with Crippen molar-refractivity contribution in [3.8, 4) is 0 Å². The average molecular weight is 331 g/mol. The van der Waals surface area contributed by atoms with Crippen LogP contribution in [0.25, 0.3) is 0 Å². The number of rotatable bonds is 4. The Bertz CT molecular complexity index is 591. The quantitative estimate of drug-likeness (QED) is 0.880. The second-order valence-electron chi connectivity index (χ2n) is 6.62. The Hall–Kier alpha value is -1.92. The molecule has 2 aliphatic heterocycles. The lowest BCUT2D eigenvalue weighted by molar-refractivity contribution is -0.124. The highest BCUT2D eigenvalue weighted by Gasteiger charge is 2.24. The molecule has 1 aromatic carbocycles. The van der Waals surface area contributed by atoms with Gasteiger partial charge in [-0.25, -0.2) is 0 Å². The molecule has 2 aliphatic rings. The van der Waals surface area contributed by atoms with Crippen LogP contribution in [0.4, 0.5) is 5.69 Å². The van der Waals surface area contributed by atoms with E-state index in [0.717, 1.165) is 38.8 Å². The summed E-state index contributed by atoms with van der Waals surface area (Å²) in [6.45, 7) is 2.64. The molecule has 2 saturated heterocycles. The van der Waals surface area contributed by atoms with Crippen LogP contribution in [0.15, 0.2) is 24.3 Å². The molecule has 0 spiro atoms. The molecule has 2 heterocycles. The van der Waals surface area contributed by atoms with Crippen LogP contribution in [0.3, 0.4) is 0 Å². The Morgan fingerprint density at radius 3 is 2.71 bits per heavy atom. The van der Waals surface area contributed by atoms with E-state index < -0.39 is 0 Å². The topological polar surface area (TPSA) is 70.7 Å². The van der Waals surface area contributed by atoms with Crippen LogP contribution in [0.1, 0.15) is 36.0 Å². The molecular weight excluding hydrogens is 306 g/mol. The van der Waals surface area contributed by atoms with Gasteiger partial charge in [0.25, 0.3) is 11.8 Å². The fourth-order valence-corrected chi connectivity index (χ4v) is 3.17. The van der Waals surface area contributed by atoms with Crippen LogP contribution in [0.2, 0.25) is 0 Å². The van der Waals surface area contributed by atoms with E-state index >= 15 is 0 Å². The van der Waals surface area contributed by atoms with E-state index in [0.29, 0.717) is 17.9 Å². The minimum atomic E-state index is -0.373. The molecule has 6 nitrogen and oxygen atoms in total. The molecule has 130 valence electrons. The van der Waals surface area contributed by atoms with Gasteiger partial charge in [0.2, 0.25) is 0 Å². The monoisotopic (exact) mass is 331 g/mol. The first-order valence-electron chi connectivity index (χ1n) is 8.64. The number of nitrogens with zero attached hydrogens (tertiary/aromatic N) is 1. The first-order chi connectivity index (χ1) is 11.6. The molecule has 2 N–H and O–H groups in total. The second kappa shape index (κ2) is 7.77. The highest BCUT2D eigenvalue weighted by molar-refractivity contribution is 5.98. The number of carbonyl (C=O) groups is 2. The zero-order chi connectivity index (χ0) is 16.9. The van der Waals surface area contributed by atoms with Crippen molar-refractivity contribution in [2.75, 3.05) is 32.1 Å². The maximum absolute atomic E-state index is 12.4. The number of likely N-dealkylation sites (tertiary alicyclic amines) is 1. The van der Waals surface area contributed by atoms with E-state index in [2.05, 4.69) is 22.6 Å². The molecule has 1 atom stereocenters. The summed E-state index contributed by atoms with van der Waals surface area (Å²) in [7, 11) is 2.10. The first kappa shape index (κ1) is 16.9. The van der Waals surface area contributed by atoms with Crippen molar-refractivity contribution in [2.45, 2.75) is 37.8 Å².